The number of nitrogens with one attached hydrogen (secondary N) is 2. The third-order valence-electron chi connectivity index (χ3n) is 5.49. The first-order valence-corrected chi connectivity index (χ1v) is 10.4. The zero-order valence-corrected chi connectivity index (χ0v) is 17.3. The van der Waals surface area contributed by atoms with Crippen molar-refractivity contribution in [3.63, 3.8) is 0 Å². The quantitative estimate of drug-likeness (QED) is 0.399. The molecule has 0 unspecified atom stereocenters. The summed E-state index contributed by atoms with van der Waals surface area (Å²) >= 11 is 0. The van der Waals surface area contributed by atoms with Gasteiger partial charge in [0, 0.05) is 47.3 Å². The lowest BCUT2D eigenvalue weighted by atomic mass is 10.1. The second-order valence-corrected chi connectivity index (χ2v) is 7.73. The van der Waals surface area contributed by atoms with E-state index in [0.29, 0.717) is 12.2 Å². The molecule has 1 amide bonds. The average Bonchev–Trinajstić information content (AvgIpc) is 3.44. The van der Waals surface area contributed by atoms with Crippen molar-refractivity contribution in [2.24, 2.45) is 0 Å². The Labute approximate surface area is 180 Å². The van der Waals surface area contributed by atoms with Crippen LogP contribution in [0.1, 0.15) is 22.5 Å². The maximum atomic E-state index is 12.9. The third kappa shape index (κ3) is 3.80. The van der Waals surface area contributed by atoms with Crippen LogP contribution in [0.15, 0.2) is 73.3 Å². The summed E-state index contributed by atoms with van der Waals surface area (Å²) in [5, 5.41) is 5.10. The SMILES string of the molecule is Cc1ccc(-c2nc(C(=O)NCCCn3ccnc3)cc3c2[nH]c2ccccc23)cc1. The van der Waals surface area contributed by atoms with E-state index < -0.39 is 0 Å². The lowest BCUT2D eigenvalue weighted by Crippen LogP contribution is -2.26. The molecule has 0 radical (unpaired) electrons. The van der Waals surface area contributed by atoms with Crippen LogP contribution in [0.25, 0.3) is 33.1 Å². The summed E-state index contributed by atoms with van der Waals surface area (Å²) in [6, 6.07) is 18.2. The van der Waals surface area contributed by atoms with Gasteiger partial charge in [-0.2, -0.15) is 0 Å². The number of carbonyl (C=O) groups is 1. The fourth-order valence-corrected chi connectivity index (χ4v) is 3.86. The van der Waals surface area contributed by atoms with Crippen molar-refractivity contribution in [2.45, 2.75) is 19.9 Å². The van der Waals surface area contributed by atoms with E-state index >= 15 is 0 Å². The lowest BCUT2D eigenvalue weighted by Gasteiger charge is -2.09. The summed E-state index contributed by atoms with van der Waals surface area (Å²) in [5.41, 5.74) is 5.36. The van der Waals surface area contributed by atoms with Gasteiger partial charge in [0.25, 0.3) is 5.91 Å². The second-order valence-electron chi connectivity index (χ2n) is 7.73. The first-order valence-electron chi connectivity index (χ1n) is 10.4. The molecule has 0 bridgehead atoms. The Kier molecular flexibility index (Phi) is 4.96. The predicted molar refractivity (Wildman–Crippen MR) is 123 cm³/mol. The standard InChI is InChI=1S/C25H23N5O/c1-17-7-9-18(10-8-17)23-24-20(19-5-2-3-6-21(19)28-24)15-22(29-23)25(31)27-11-4-13-30-14-12-26-16-30/h2-3,5-10,12,14-16,28H,4,11,13H2,1H3,(H,27,31). The van der Waals surface area contributed by atoms with Gasteiger partial charge >= 0.3 is 0 Å². The van der Waals surface area contributed by atoms with Crippen LogP contribution in [-0.4, -0.2) is 32.0 Å². The van der Waals surface area contributed by atoms with E-state index in [1.165, 1.54) is 5.56 Å². The van der Waals surface area contributed by atoms with Crippen LogP contribution in [-0.2, 0) is 6.54 Å². The molecular formula is C25H23N5O. The summed E-state index contributed by atoms with van der Waals surface area (Å²) in [7, 11) is 0. The molecule has 0 aliphatic rings. The van der Waals surface area contributed by atoms with Gasteiger partial charge in [-0.05, 0) is 25.5 Å². The number of pyridine rings is 1. The van der Waals surface area contributed by atoms with E-state index in [4.69, 9.17) is 4.98 Å². The number of fused-ring (bicyclic) bond motifs is 3. The van der Waals surface area contributed by atoms with E-state index in [9.17, 15) is 4.79 Å². The number of para-hydroxylation sites is 1. The van der Waals surface area contributed by atoms with Gasteiger partial charge in [0.05, 0.1) is 17.5 Å². The molecule has 2 N–H and O–H groups in total. The highest BCUT2D eigenvalue weighted by molar-refractivity contribution is 6.13. The molecule has 6 heteroatoms. The number of carbonyl (C=O) groups excluding carboxylic acids is 1. The van der Waals surface area contributed by atoms with Crippen molar-refractivity contribution in [2.75, 3.05) is 6.54 Å². The molecule has 2 aromatic carbocycles. The van der Waals surface area contributed by atoms with Gasteiger partial charge in [-0.3, -0.25) is 4.79 Å². The van der Waals surface area contributed by atoms with Crippen LogP contribution in [0, 0.1) is 6.92 Å². The zero-order chi connectivity index (χ0) is 21.2. The molecule has 0 saturated carbocycles. The maximum absolute atomic E-state index is 12.9. The van der Waals surface area contributed by atoms with E-state index in [1.54, 1.807) is 12.5 Å². The average molecular weight is 409 g/mol. The van der Waals surface area contributed by atoms with Gasteiger partial charge in [0.2, 0.25) is 0 Å². The van der Waals surface area contributed by atoms with Crippen molar-refractivity contribution in [3.05, 3.63) is 84.6 Å². The summed E-state index contributed by atoms with van der Waals surface area (Å²) < 4.78 is 2.00. The number of aromatic nitrogens is 4. The fourth-order valence-electron chi connectivity index (χ4n) is 3.86. The van der Waals surface area contributed by atoms with Crippen LogP contribution in [0.3, 0.4) is 0 Å². The van der Waals surface area contributed by atoms with Crippen molar-refractivity contribution in [1.29, 1.82) is 0 Å². The van der Waals surface area contributed by atoms with Gasteiger partial charge in [0.15, 0.2) is 0 Å². The number of amides is 1. The van der Waals surface area contributed by atoms with Crippen LogP contribution in [0.5, 0.6) is 0 Å². The lowest BCUT2D eigenvalue weighted by molar-refractivity contribution is 0.0948. The van der Waals surface area contributed by atoms with E-state index in [1.807, 2.05) is 35.0 Å². The Balaban J connectivity index is 1.49. The van der Waals surface area contributed by atoms with Crippen LogP contribution >= 0.6 is 0 Å². The first-order chi connectivity index (χ1) is 15.2. The number of aromatic amines is 1. The van der Waals surface area contributed by atoms with Crippen molar-refractivity contribution in [3.8, 4) is 11.3 Å². The zero-order valence-electron chi connectivity index (χ0n) is 17.3. The number of hydrogen-bond donors (Lipinski definition) is 2. The summed E-state index contributed by atoms with van der Waals surface area (Å²) in [6.07, 6.45) is 6.28. The predicted octanol–water partition coefficient (Wildman–Crippen LogP) is 4.71. The highest BCUT2D eigenvalue weighted by Gasteiger charge is 2.16. The Morgan fingerprint density at radius 1 is 1.10 bits per heavy atom. The number of nitrogens with zero attached hydrogens (tertiary/aromatic N) is 3. The van der Waals surface area contributed by atoms with Crippen molar-refractivity contribution < 1.29 is 4.79 Å². The van der Waals surface area contributed by atoms with Crippen LogP contribution in [0.2, 0.25) is 0 Å². The van der Waals surface area contributed by atoms with Crippen LogP contribution < -0.4 is 5.32 Å². The summed E-state index contributed by atoms with van der Waals surface area (Å²) in [6.45, 7) is 3.44. The molecule has 0 fully saturated rings. The maximum Gasteiger partial charge on any atom is 0.269 e. The Hall–Kier alpha value is -3.93. The smallest absolute Gasteiger partial charge is 0.269 e. The molecule has 6 nitrogen and oxygen atoms in total. The summed E-state index contributed by atoms with van der Waals surface area (Å²) in [5.74, 6) is -0.161. The monoisotopic (exact) mass is 409 g/mol. The Morgan fingerprint density at radius 2 is 1.94 bits per heavy atom. The minimum absolute atomic E-state index is 0.161. The third-order valence-corrected chi connectivity index (χ3v) is 5.49. The number of rotatable bonds is 6. The van der Waals surface area contributed by atoms with Crippen molar-refractivity contribution in [1.82, 2.24) is 24.8 Å². The summed E-state index contributed by atoms with van der Waals surface area (Å²) in [4.78, 5) is 25.2. The molecule has 0 aliphatic carbocycles. The number of H-pyrrole nitrogens is 1. The van der Waals surface area contributed by atoms with E-state index in [0.717, 1.165) is 46.0 Å². The number of imidazole rings is 1. The van der Waals surface area contributed by atoms with Gasteiger partial charge in [0.1, 0.15) is 5.69 Å². The molecule has 0 aliphatic heterocycles. The molecule has 154 valence electrons. The number of aryl methyl sites for hydroxylation is 2. The van der Waals surface area contributed by atoms with Gasteiger partial charge in [-0.15, -0.1) is 0 Å². The highest BCUT2D eigenvalue weighted by atomic mass is 16.1. The molecule has 3 heterocycles. The molecule has 5 rings (SSSR count). The molecule has 0 atom stereocenters. The van der Waals surface area contributed by atoms with Gasteiger partial charge in [-0.25, -0.2) is 9.97 Å². The largest absolute Gasteiger partial charge is 0.353 e. The fraction of sp³-hybridized carbons (Fsp3) is 0.160. The molecule has 3 aromatic heterocycles. The molecular weight excluding hydrogens is 386 g/mol. The molecule has 31 heavy (non-hydrogen) atoms. The minimum Gasteiger partial charge on any atom is -0.353 e. The normalized spacial score (nSPS) is 11.3. The second kappa shape index (κ2) is 8.07. The van der Waals surface area contributed by atoms with Crippen LogP contribution in [0.4, 0.5) is 0 Å². The molecule has 0 spiro atoms. The first kappa shape index (κ1) is 19.1. The Morgan fingerprint density at radius 3 is 2.74 bits per heavy atom. The molecule has 5 aromatic rings. The minimum atomic E-state index is -0.161. The van der Waals surface area contributed by atoms with E-state index in [-0.39, 0.29) is 5.91 Å². The highest BCUT2D eigenvalue weighted by Crippen LogP contribution is 2.32. The Bertz CT molecular complexity index is 1350. The topological polar surface area (TPSA) is 75.6 Å². The molecule has 0 saturated heterocycles. The van der Waals surface area contributed by atoms with Gasteiger partial charge in [-0.1, -0.05) is 48.0 Å². The van der Waals surface area contributed by atoms with E-state index in [2.05, 4.69) is 52.5 Å². The number of hydrogen-bond acceptors (Lipinski definition) is 3. The van der Waals surface area contributed by atoms with Crippen molar-refractivity contribution >= 4 is 27.7 Å². The van der Waals surface area contributed by atoms with Gasteiger partial charge < -0.3 is 14.9 Å². The number of benzene rings is 2.